The Hall–Kier alpha value is -1.92. The Bertz CT molecular complexity index is 613. The first-order valence-electron chi connectivity index (χ1n) is 14.0. The fraction of sp³-hybridized carbons (Fsp3) is 0.750. The fourth-order valence-electron chi connectivity index (χ4n) is 2.22. The molecule has 4 unspecified atom stereocenters. The highest BCUT2D eigenvalue weighted by atomic mass is 16.5. The molecule has 6 nitrogen and oxygen atoms in total. The Morgan fingerprint density at radius 2 is 1.21 bits per heavy atom. The maximum absolute atomic E-state index is 11.4. The molecule has 0 aromatic carbocycles. The summed E-state index contributed by atoms with van der Waals surface area (Å²) >= 11 is 0. The van der Waals surface area contributed by atoms with Crippen LogP contribution in [0.3, 0.4) is 0 Å². The smallest absolute Gasteiger partial charge is 0.308 e. The topological polar surface area (TPSA) is 93.1 Å². The van der Waals surface area contributed by atoms with E-state index in [1.165, 1.54) is 18.3 Å². The van der Waals surface area contributed by atoms with E-state index < -0.39 is 0 Å². The zero-order valence-corrected chi connectivity index (χ0v) is 27.4. The summed E-state index contributed by atoms with van der Waals surface area (Å²) < 4.78 is 9.68. The molecule has 0 saturated heterocycles. The minimum absolute atomic E-state index is 0.0284. The van der Waals surface area contributed by atoms with Crippen molar-refractivity contribution in [3.05, 3.63) is 35.5 Å². The third kappa shape index (κ3) is 34.1. The molecule has 0 saturated carbocycles. The molecule has 0 rings (SSSR count). The Kier molecular flexibility index (Phi) is 40.0. The number of carbonyl (C=O) groups excluding carboxylic acids is 2. The van der Waals surface area contributed by atoms with Gasteiger partial charge in [-0.05, 0) is 66.2 Å². The zero-order valence-electron chi connectivity index (χ0n) is 27.4. The first-order chi connectivity index (χ1) is 17.8. The lowest BCUT2D eigenvalue weighted by molar-refractivity contribution is -0.149. The molecule has 2 N–H and O–H groups in total. The second-order valence-electron chi connectivity index (χ2n) is 9.64. The Balaban J connectivity index is -0.000000139. The van der Waals surface area contributed by atoms with Crippen LogP contribution >= 0.6 is 0 Å². The van der Waals surface area contributed by atoms with E-state index in [-0.39, 0.29) is 36.3 Å². The van der Waals surface area contributed by atoms with Crippen LogP contribution in [0.15, 0.2) is 35.5 Å². The van der Waals surface area contributed by atoms with Gasteiger partial charge in [0.15, 0.2) is 0 Å². The number of esters is 2. The van der Waals surface area contributed by atoms with E-state index in [1.54, 1.807) is 0 Å². The number of carbonyl (C=O) groups is 2. The van der Waals surface area contributed by atoms with Gasteiger partial charge in [0.25, 0.3) is 0 Å². The van der Waals surface area contributed by atoms with Crippen LogP contribution in [0.1, 0.15) is 109 Å². The number of methoxy groups -OCH3 is 1. The van der Waals surface area contributed by atoms with Crippen LogP contribution < -0.4 is 0 Å². The largest absolute Gasteiger partial charge is 0.469 e. The van der Waals surface area contributed by atoms with Gasteiger partial charge in [0.2, 0.25) is 0 Å². The SMILES string of the molecule is C=C(C)C(CO)CC=C(C)C.CC.CCC(C)C(=O)OC.CCC(C)C(=O)OCC(C)CC=C(C)C.CO. The van der Waals surface area contributed by atoms with Crippen molar-refractivity contribution >= 4 is 11.9 Å². The van der Waals surface area contributed by atoms with Gasteiger partial charge in [-0.25, -0.2) is 0 Å². The number of allylic oxidation sites excluding steroid dienone is 4. The molecular weight excluding hydrogens is 480 g/mol. The van der Waals surface area contributed by atoms with Gasteiger partial charge in [-0.15, -0.1) is 0 Å². The predicted molar refractivity (Wildman–Crippen MR) is 164 cm³/mol. The molecule has 0 spiro atoms. The molecule has 0 aromatic rings. The van der Waals surface area contributed by atoms with Crippen LogP contribution in [-0.2, 0) is 19.1 Å². The summed E-state index contributed by atoms with van der Waals surface area (Å²) in [5.41, 5.74) is 3.67. The molecule has 4 atom stereocenters. The zero-order chi connectivity index (χ0) is 31.3. The quantitative estimate of drug-likeness (QED) is 0.191. The predicted octanol–water partition coefficient (Wildman–Crippen LogP) is 7.94. The van der Waals surface area contributed by atoms with E-state index in [1.807, 2.05) is 48.5 Å². The number of hydrogen-bond donors (Lipinski definition) is 2. The van der Waals surface area contributed by atoms with Gasteiger partial charge in [-0.2, -0.15) is 0 Å². The lowest BCUT2D eigenvalue weighted by Crippen LogP contribution is -2.17. The normalized spacial score (nSPS) is 12.2. The highest BCUT2D eigenvalue weighted by Gasteiger charge is 2.13. The van der Waals surface area contributed by atoms with Gasteiger partial charge in [-0.3, -0.25) is 9.59 Å². The van der Waals surface area contributed by atoms with Gasteiger partial charge >= 0.3 is 11.9 Å². The molecule has 0 radical (unpaired) electrons. The number of rotatable bonds is 12. The second-order valence-corrected chi connectivity index (χ2v) is 9.64. The first kappa shape index (κ1) is 46.0. The summed E-state index contributed by atoms with van der Waals surface area (Å²) in [5, 5.41) is 15.9. The maximum Gasteiger partial charge on any atom is 0.308 e. The average molecular weight is 545 g/mol. The van der Waals surface area contributed by atoms with Crippen molar-refractivity contribution < 1.29 is 29.3 Å². The fourth-order valence-corrected chi connectivity index (χ4v) is 2.22. The summed E-state index contributed by atoms with van der Waals surface area (Å²) in [4.78, 5) is 21.9. The average Bonchev–Trinajstić information content (AvgIpc) is 2.91. The van der Waals surface area contributed by atoms with Gasteiger partial charge < -0.3 is 19.7 Å². The minimum atomic E-state index is -0.118. The van der Waals surface area contributed by atoms with Crippen molar-refractivity contribution in [2.75, 3.05) is 27.4 Å². The van der Waals surface area contributed by atoms with Crippen LogP contribution in [0.5, 0.6) is 0 Å². The van der Waals surface area contributed by atoms with E-state index in [0.29, 0.717) is 12.5 Å². The Morgan fingerprint density at radius 3 is 1.50 bits per heavy atom. The highest BCUT2D eigenvalue weighted by molar-refractivity contribution is 5.72. The van der Waals surface area contributed by atoms with Crippen molar-refractivity contribution in [3.63, 3.8) is 0 Å². The standard InChI is InChI=1S/C13H24O2.C10H18O.C6H12O2.C2H6.CH4O/c1-6-12(5)13(14)15-9-11(4)8-7-10(2)3;1-8(2)5-6-10(7-11)9(3)4;1-4-5(2)6(7)8-3;2*1-2/h7,11-12H,6,8-9H2,1-5H3;5,10-11H,3,6-7H2,1-2,4H3;5H,4H2,1-3H3;1-2H3;2H,1H3. The molecule has 6 heteroatoms. The molecule has 0 aliphatic rings. The molecule has 228 valence electrons. The first-order valence-corrected chi connectivity index (χ1v) is 14.0. The molecule has 0 heterocycles. The molecule has 0 amide bonds. The van der Waals surface area contributed by atoms with Gasteiger partial charge in [0, 0.05) is 19.6 Å². The van der Waals surface area contributed by atoms with Crippen LogP contribution in [-0.4, -0.2) is 49.6 Å². The lowest BCUT2D eigenvalue weighted by atomic mass is 9.98. The Labute approximate surface area is 236 Å². The highest BCUT2D eigenvalue weighted by Crippen LogP contribution is 2.13. The van der Waals surface area contributed by atoms with Gasteiger partial charge in [0.1, 0.15) is 0 Å². The van der Waals surface area contributed by atoms with Crippen molar-refractivity contribution in [1.82, 2.24) is 0 Å². The van der Waals surface area contributed by atoms with E-state index in [9.17, 15) is 9.59 Å². The van der Waals surface area contributed by atoms with Crippen molar-refractivity contribution in [2.24, 2.45) is 23.7 Å². The van der Waals surface area contributed by atoms with E-state index in [0.717, 1.165) is 38.4 Å². The van der Waals surface area contributed by atoms with Crippen molar-refractivity contribution in [2.45, 2.75) is 109 Å². The number of hydrogen-bond acceptors (Lipinski definition) is 6. The molecule has 38 heavy (non-hydrogen) atoms. The Morgan fingerprint density at radius 1 is 0.816 bits per heavy atom. The third-order valence-corrected chi connectivity index (χ3v) is 5.40. The molecule has 0 aromatic heterocycles. The van der Waals surface area contributed by atoms with Crippen LogP contribution in [0, 0.1) is 23.7 Å². The minimum Gasteiger partial charge on any atom is -0.469 e. The van der Waals surface area contributed by atoms with Gasteiger partial charge in [-0.1, -0.05) is 83.9 Å². The van der Waals surface area contributed by atoms with Crippen molar-refractivity contribution in [3.8, 4) is 0 Å². The van der Waals surface area contributed by atoms with Crippen LogP contribution in [0.2, 0.25) is 0 Å². The van der Waals surface area contributed by atoms with Gasteiger partial charge in [0.05, 0.1) is 25.6 Å². The second kappa shape index (κ2) is 33.1. The molecular formula is C32H64O6. The molecule has 0 aliphatic heterocycles. The summed E-state index contributed by atoms with van der Waals surface area (Å²) in [6, 6.07) is 0. The summed E-state index contributed by atoms with van der Waals surface area (Å²) in [6.07, 6.45) is 7.91. The number of ether oxygens (including phenoxy) is 2. The molecule has 0 aliphatic carbocycles. The summed E-state index contributed by atoms with van der Waals surface area (Å²) in [7, 11) is 2.41. The monoisotopic (exact) mass is 544 g/mol. The van der Waals surface area contributed by atoms with Crippen molar-refractivity contribution in [1.29, 1.82) is 0 Å². The van der Waals surface area contributed by atoms with E-state index >= 15 is 0 Å². The van der Waals surface area contributed by atoms with E-state index in [2.05, 4.69) is 58.1 Å². The summed E-state index contributed by atoms with van der Waals surface area (Å²) in [6.45, 7) is 28.6. The molecule has 0 bridgehead atoms. The number of aliphatic hydroxyl groups excluding tert-OH is 2. The van der Waals surface area contributed by atoms with Crippen LogP contribution in [0.25, 0.3) is 0 Å². The lowest BCUT2D eigenvalue weighted by Gasteiger charge is -2.13. The third-order valence-electron chi connectivity index (χ3n) is 5.40. The van der Waals surface area contributed by atoms with Crippen LogP contribution in [0.4, 0.5) is 0 Å². The molecule has 0 fully saturated rings. The number of aliphatic hydroxyl groups is 2. The maximum atomic E-state index is 11.4. The summed E-state index contributed by atoms with van der Waals surface area (Å²) in [5.74, 6) is 0.549. The van der Waals surface area contributed by atoms with E-state index in [4.69, 9.17) is 14.9 Å².